The number of carboxylic acid groups (broad SMARTS) is 1. The lowest BCUT2D eigenvalue weighted by Crippen LogP contribution is -2.27. The largest absolute Gasteiger partial charge is 0.481 e. The van der Waals surface area contributed by atoms with Crippen LogP contribution in [0, 0.1) is 0 Å². The molecule has 3 rings (SSSR count). The van der Waals surface area contributed by atoms with Gasteiger partial charge in [-0.25, -0.2) is 5.01 Å². The summed E-state index contributed by atoms with van der Waals surface area (Å²) in [6.45, 7) is 2.09. The second-order valence-electron chi connectivity index (χ2n) is 5.97. The normalized spacial score (nSPS) is 16.8. The third-order valence-electron chi connectivity index (χ3n) is 4.30. The highest BCUT2D eigenvalue weighted by Crippen LogP contribution is 2.33. The molecule has 1 aliphatic rings. The number of carbonyl (C=O) groups excluding carboxylic acids is 1. The molecule has 6 heteroatoms. The molecule has 0 saturated carbocycles. The first-order chi connectivity index (χ1) is 12.1. The van der Waals surface area contributed by atoms with Crippen molar-refractivity contribution in [3.8, 4) is 0 Å². The average Bonchev–Trinajstić information content (AvgIpc) is 3.29. The number of furan rings is 1. The highest BCUT2D eigenvalue weighted by atomic mass is 16.4. The van der Waals surface area contributed by atoms with Crippen LogP contribution in [0.15, 0.2) is 52.2 Å². The minimum Gasteiger partial charge on any atom is -0.481 e. The van der Waals surface area contributed by atoms with Gasteiger partial charge < -0.3 is 9.52 Å². The van der Waals surface area contributed by atoms with Gasteiger partial charge in [-0.3, -0.25) is 9.59 Å². The van der Waals surface area contributed by atoms with Crippen molar-refractivity contribution in [3.63, 3.8) is 0 Å². The van der Waals surface area contributed by atoms with E-state index in [4.69, 9.17) is 9.52 Å². The first kappa shape index (κ1) is 17.0. The second kappa shape index (κ2) is 7.34. The molecule has 0 aliphatic carbocycles. The molecule has 1 aromatic carbocycles. The fourth-order valence-electron chi connectivity index (χ4n) is 2.90. The number of carbonyl (C=O) groups is 2. The van der Waals surface area contributed by atoms with Crippen LogP contribution in [0.4, 0.5) is 0 Å². The van der Waals surface area contributed by atoms with Crippen molar-refractivity contribution in [2.24, 2.45) is 5.10 Å². The monoisotopic (exact) mass is 340 g/mol. The lowest BCUT2D eigenvalue weighted by molar-refractivity contribution is -0.141. The van der Waals surface area contributed by atoms with Crippen molar-refractivity contribution < 1.29 is 19.1 Å². The number of hydrogen-bond donors (Lipinski definition) is 1. The van der Waals surface area contributed by atoms with Crippen LogP contribution in [-0.4, -0.2) is 27.7 Å². The molecule has 1 amide bonds. The SMILES string of the molecule is CCc1ccc([C@H]2CC(c3ccco3)=NN2C(=O)CCC(=O)O)cc1. The molecule has 1 aromatic heterocycles. The third-order valence-corrected chi connectivity index (χ3v) is 4.30. The first-order valence-corrected chi connectivity index (χ1v) is 8.32. The Kier molecular flexibility index (Phi) is 4.97. The molecule has 6 nitrogen and oxygen atoms in total. The van der Waals surface area contributed by atoms with Gasteiger partial charge in [0.05, 0.1) is 18.7 Å². The van der Waals surface area contributed by atoms with Gasteiger partial charge in [-0.1, -0.05) is 31.2 Å². The molecule has 2 aromatic rings. The quantitative estimate of drug-likeness (QED) is 0.874. The standard InChI is InChI=1S/C19H20N2O4/c1-2-13-5-7-14(8-6-13)16-12-15(17-4-3-11-25-17)20-21(16)18(22)9-10-19(23)24/h3-8,11,16H,2,9-10,12H2,1H3,(H,23,24)/t16-/m1/s1. The molecule has 25 heavy (non-hydrogen) atoms. The molecule has 130 valence electrons. The minimum atomic E-state index is -0.994. The van der Waals surface area contributed by atoms with Gasteiger partial charge in [0.2, 0.25) is 5.91 Å². The molecular formula is C19H20N2O4. The lowest BCUT2D eigenvalue weighted by Gasteiger charge is -2.22. The zero-order valence-electron chi connectivity index (χ0n) is 14.0. The van der Waals surface area contributed by atoms with E-state index in [0.717, 1.165) is 12.0 Å². The average molecular weight is 340 g/mol. The molecule has 0 fully saturated rings. The summed E-state index contributed by atoms with van der Waals surface area (Å²) in [6.07, 6.45) is 2.77. The number of hydrazone groups is 1. The highest BCUT2D eigenvalue weighted by molar-refractivity contribution is 6.01. The van der Waals surface area contributed by atoms with Gasteiger partial charge in [0, 0.05) is 12.8 Å². The maximum Gasteiger partial charge on any atom is 0.303 e. The predicted molar refractivity (Wildman–Crippen MR) is 92.1 cm³/mol. The zero-order valence-corrected chi connectivity index (χ0v) is 14.0. The summed E-state index contributed by atoms with van der Waals surface area (Å²) in [6, 6.07) is 11.4. The summed E-state index contributed by atoms with van der Waals surface area (Å²) >= 11 is 0. The number of nitrogens with zero attached hydrogens (tertiary/aromatic N) is 2. The number of carboxylic acids is 1. The molecular weight excluding hydrogens is 320 g/mol. The number of aryl methyl sites for hydroxylation is 1. The Morgan fingerprint density at radius 3 is 2.60 bits per heavy atom. The fourth-order valence-corrected chi connectivity index (χ4v) is 2.90. The van der Waals surface area contributed by atoms with Crippen LogP contribution in [0.1, 0.15) is 49.1 Å². The van der Waals surface area contributed by atoms with Crippen LogP contribution in [-0.2, 0) is 16.0 Å². The molecule has 1 aliphatic heterocycles. The van der Waals surface area contributed by atoms with Crippen molar-refractivity contribution in [1.82, 2.24) is 5.01 Å². The molecule has 2 heterocycles. The van der Waals surface area contributed by atoms with Crippen LogP contribution < -0.4 is 0 Å². The summed E-state index contributed by atoms with van der Waals surface area (Å²) in [5.41, 5.74) is 2.89. The van der Waals surface area contributed by atoms with Gasteiger partial charge >= 0.3 is 5.97 Å². The zero-order chi connectivity index (χ0) is 17.8. The van der Waals surface area contributed by atoms with Crippen LogP contribution in [0.5, 0.6) is 0 Å². The van der Waals surface area contributed by atoms with Crippen molar-refractivity contribution in [2.45, 2.75) is 38.6 Å². The first-order valence-electron chi connectivity index (χ1n) is 8.32. The van der Waals surface area contributed by atoms with E-state index in [1.165, 1.54) is 10.6 Å². The Morgan fingerprint density at radius 1 is 1.24 bits per heavy atom. The maximum absolute atomic E-state index is 12.5. The highest BCUT2D eigenvalue weighted by Gasteiger charge is 2.33. The third kappa shape index (κ3) is 3.79. The van der Waals surface area contributed by atoms with E-state index in [1.807, 2.05) is 24.3 Å². The molecule has 0 spiro atoms. The van der Waals surface area contributed by atoms with E-state index in [9.17, 15) is 9.59 Å². The maximum atomic E-state index is 12.5. The van der Waals surface area contributed by atoms with Gasteiger partial charge in [0.15, 0.2) is 0 Å². The van der Waals surface area contributed by atoms with E-state index in [0.29, 0.717) is 17.9 Å². The van der Waals surface area contributed by atoms with Gasteiger partial charge in [0.25, 0.3) is 0 Å². The predicted octanol–water partition coefficient (Wildman–Crippen LogP) is 3.38. The fraction of sp³-hybridized carbons (Fsp3) is 0.316. The van der Waals surface area contributed by atoms with Crippen LogP contribution in [0.3, 0.4) is 0 Å². The smallest absolute Gasteiger partial charge is 0.303 e. The Hall–Kier alpha value is -2.89. The van der Waals surface area contributed by atoms with Crippen LogP contribution >= 0.6 is 0 Å². The summed E-state index contributed by atoms with van der Waals surface area (Å²) in [4.78, 5) is 23.3. The summed E-state index contributed by atoms with van der Waals surface area (Å²) in [7, 11) is 0. The number of benzene rings is 1. The van der Waals surface area contributed by atoms with Crippen LogP contribution in [0.2, 0.25) is 0 Å². The Balaban J connectivity index is 1.86. The minimum absolute atomic E-state index is 0.0756. The van der Waals surface area contributed by atoms with E-state index in [2.05, 4.69) is 12.0 Å². The van der Waals surface area contributed by atoms with Gasteiger partial charge in [-0.05, 0) is 29.7 Å². The van der Waals surface area contributed by atoms with Gasteiger partial charge in [-0.2, -0.15) is 5.10 Å². The topological polar surface area (TPSA) is 83.1 Å². The number of aliphatic carboxylic acids is 1. The Morgan fingerprint density at radius 2 is 2.00 bits per heavy atom. The van der Waals surface area contributed by atoms with E-state index in [1.54, 1.807) is 18.4 Å². The Bertz CT molecular complexity index is 778. The Labute approximate surface area is 145 Å². The molecule has 0 unspecified atom stereocenters. The summed E-state index contributed by atoms with van der Waals surface area (Å²) in [5.74, 6) is -0.663. The molecule has 0 bridgehead atoms. The number of hydrogen-bond acceptors (Lipinski definition) is 4. The van der Waals surface area contributed by atoms with Gasteiger partial charge in [-0.15, -0.1) is 0 Å². The number of amides is 1. The summed E-state index contributed by atoms with van der Waals surface area (Å²) in [5, 5.41) is 14.7. The van der Waals surface area contributed by atoms with Gasteiger partial charge in [0.1, 0.15) is 11.5 Å². The molecule has 0 saturated heterocycles. The van der Waals surface area contributed by atoms with E-state index in [-0.39, 0.29) is 24.8 Å². The lowest BCUT2D eigenvalue weighted by atomic mass is 9.99. The van der Waals surface area contributed by atoms with Crippen LogP contribution in [0.25, 0.3) is 0 Å². The van der Waals surface area contributed by atoms with Crippen molar-refractivity contribution in [3.05, 3.63) is 59.5 Å². The van der Waals surface area contributed by atoms with Crippen molar-refractivity contribution in [1.29, 1.82) is 0 Å². The molecule has 0 radical (unpaired) electrons. The van der Waals surface area contributed by atoms with Crippen molar-refractivity contribution in [2.75, 3.05) is 0 Å². The molecule has 1 N–H and O–H groups in total. The van der Waals surface area contributed by atoms with Crippen molar-refractivity contribution >= 4 is 17.6 Å². The second-order valence-corrected chi connectivity index (χ2v) is 5.97. The van der Waals surface area contributed by atoms with E-state index < -0.39 is 5.97 Å². The van der Waals surface area contributed by atoms with E-state index >= 15 is 0 Å². The summed E-state index contributed by atoms with van der Waals surface area (Å²) < 4.78 is 5.40. The molecule has 1 atom stereocenters. The number of rotatable bonds is 6.